The van der Waals surface area contributed by atoms with E-state index >= 15 is 0 Å². The Kier molecular flexibility index (Phi) is 4.10. The smallest absolute Gasteiger partial charge is 0.0886 e. The van der Waals surface area contributed by atoms with E-state index in [1.165, 1.54) is 36.9 Å². The summed E-state index contributed by atoms with van der Waals surface area (Å²) in [6.07, 6.45) is 13.7. The van der Waals surface area contributed by atoms with Crippen molar-refractivity contribution in [2.24, 2.45) is 13.0 Å². The molecule has 1 saturated carbocycles. The second kappa shape index (κ2) is 6.85. The number of rotatable bonds is 4. The van der Waals surface area contributed by atoms with Gasteiger partial charge in [-0.15, -0.1) is 0 Å². The normalized spacial score (nSPS) is 28.6. The van der Waals surface area contributed by atoms with E-state index in [2.05, 4.69) is 44.4 Å². The van der Waals surface area contributed by atoms with Gasteiger partial charge in [-0.25, -0.2) is 4.52 Å². The highest BCUT2D eigenvalue weighted by atomic mass is 15.4. The number of nitrogens with zero attached hydrogens (tertiary/aromatic N) is 7. The molecule has 5 heterocycles. The molecule has 2 aliphatic heterocycles. The number of hydrogen-bond acceptors (Lipinski definition) is 5. The van der Waals surface area contributed by atoms with Gasteiger partial charge in [-0.05, 0) is 43.7 Å². The van der Waals surface area contributed by atoms with Crippen LogP contribution < -0.4 is 4.90 Å². The van der Waals surface area contributed by atoms with Gasteiger partial charge >= 0.3 is 0 Å². The quantitative estimate of drug-likeness (QED) is 0.672. The molecule has 0 unspecified atom stereocenters. The molecule has 0 amide bonds. The Morgan fingerprint density at radius 2 is 1.87 bits per heavy atom. The van der Waals surface area contributed by atoms with Crippen molar-refractivity contribution < 1.29 is 0 Å². The standard InChI is InChI=1S/C23H27N7/c1-27-12-18(11-26-27)17-10-23-22(5-7-25-29(23)13-17)28-14-19-2-3-20(15-28)30(19)21-8-16(9-21)4-6-24/h5,7,10-13,16,19-21H,2-4,8-9,14-15H2,1H3/t16?,19-,20-,21?/m0/s1. The van der Waals surface area contributed by atoms with E-state index in [-0.39, 0.29) is 0 Å². The van der Waals surface area contributed by atoms with E-state index in [9.17, 15) is 0 Å². The fraction of sp³-hybridized carbons (Fsp3) is 0.522. The lowest BCUT2D eigenvalue weighted by atomic mass is 9.77. The van der Waals surface area contributed by atoms with Crippen LogP contribution in [0, 0.1) is 17.2 Å². The molecule has 0 N–H and O–H groups in total. The molecular formula is C23H27N7. The molecule has 3 aliphatic rings. The zero-order valence-electron chi connectivity index (χ0n) is 17.4. The fourth-order valence-corrected chi connectivity index (χ4v) is 5.96. The first-order chi connectivity index (χ1) is 14.7. The van der Waals surface area contributed by atoms with Crippen molar-refractivity contribution in [2.75, 3.05) is 18.0 Å². The molecule has 7 heteroatoms. The molecule has 3 fully saturated rings. The predicted molar refractivity (Wildman–Crippen MR) is 115 cm³/mol. The molecule has 1 aliphatic carbocycles. The molecule has 2 bridgehead atoms. The first-order valence-corrected chi connectivity index (χ1v) is 11.1. The molecule has 7 nitrogen and oxygen atoms in total. The van der Waals surface area contributed by atoms with Gasteiger partial charge in [0.1, 0.15) is 0 Å². The zero-order valence-corrected chi connectivity index (χ0v) is 17.4. The molecule has 6 rings (SSSR count). The summed E-state index contributed by atoms with van der Waals surface area (Å²) in [5.74, 6) is 0.629. The molecule has 0 spiro atoms. The minimum atomic E-state index is 0.629. The number of nitriles is 1. The average molecular weight is 402 g/mol. The van der Waals surface area contributed by atoms with Crippen molar-refractivity contribution in [1.82, 2.24) is 24.3 Å². The van der Waals surface area contributed by atoms with Gasteiger partial charge in [-0.3, -0.25) is 9.58 Å². The van der Waals surface area contributed by atoms with Gasteiger partial charge in [0.25, 0.3) is 0 Å². The van der Waals surface area contributed by atoms with Crippen molar-refractivity contribution in [3.8, 4) is 17.2 Å². The molecule has 3 aromatic rings. The number of anilines is 1. The van der Waals surface area contributed by atoms with E-state index in [1.807, 2.05) is 34.8 Å². The molecule has 0 radical (unpaired) electrons. The average Bonchev–Trinajstić information content (AvgIpc) is 3.39. The summed E-state index contributed by atoms with van der Waals surface area (Å²) >= 11 is 0. The fourth-order valence-electron chi connectivity index (χ4n) is 5.96. The maximum absolute atomic E-state index is 8.96. The Balaban J connectivity index is 1.25. The van der Waals surface area contributed by atoms with Crippen LogP contribution in [0.3, 0.4) is 0 Å². The lowest BCUT2D eigenvalue weighted by molar-refractivity contribution is 0.0298. The highest BCUT2D eigenvalue weighted by Crippen LogP contribution is 2.43. The van der Waals surface area contributed by atoms with Crippen LogP contribution in [0.1, 0.15) is 32.1 Å². The van der Waals surface area contributed by atoms with E-state index in [4.69, 9.17) is 5.26 Å². The second-order valence-electron chi connectivity index (χ2n) is 9.27. The van der Waals surface area contributed by atoms with Crippen LogP contribution in [-0.2, 0) is 7.05 Å². The Morgan fingerprint density at radius 1 is 1.07 bits per heavy atom. The van der Waals surface area contributed by atoms with Gasteiger partial charge < -0.3 is 4.90 Å². The summed E-state index contributed by atoms with van der Waals surface area (Å²) in [5, 5.41) is 17.8. The lowest BCUT2D eigenvalue weighted by Gasteiger charge is -2.50. The van der Waals surface area contributed by atoms with Crippen LogP contribution in [0.15, 0.2) is 36.9 Å². The summed E-state index contributed by atoms with van der Waals surface area (Å²) in [6, 6.07) is 8.74. The highest BCUT2D eigenvalue weighted by molar-refractivity contribution is 5.79. The van der Waals surface area contributed by atoms with Gasteiger partial charge in [-0.2, -0.15) is 15.5 Å². The number of piperazine rings is 1. The molecule has 154 valence electrons. The summed E-state index contributed by atoms with van der Waals surface area (Å²) in [7, 11) is 1.95. The Morgan fingerprint density at radius 3 is 2.57 bits per heavy atom. The first-order valence-electron chi connectivity index (χ1n) is 11.1. The maximum Gasteiger partial charge on any atom is 0.0886 e. The number of hydrogen-bond donors (Lipinski definition) is 0. The third-order valence-corrected chi connectivity index (χ3v) is 7.42. The second-order valence-corrected chi connectivity index (χ2v) is 9.27. The number of aromatic nitrogens is 4. The van der Waals surface area contributed by atoms with Gasteiger partial charge in [0.05, 0.1) is 23.5 Å². The Labute approximate surface area is 176 Å². The van der Waals surface area contributed by atoms with Crippen molar-refractivity contribution in [2.45, 2.75) is 50.2 Å². The van der Waals surface area contributed by atoms with Gasteiger partial charge in [-0.1, -0.05) is 0 Å². The lowest BCUT2D eigenvalue weighted by Crippen LogP contribution is -2.60. The van der Waals surface area contributed by atoms with Crippen LogP contribution in [0.5, 0.6) is 0 Å². The van der Waals surface area contributed by atoms with Crippen LogP contribution >= 0.6 is 0 Å². The minimum absolute atomic E-state index is 0.629. The van der Waals surface area contributed by atoms with E-state index < -0.39 is 0 Å². The maximum atomic E-state index is 8.96. The van der Waals surface area contributed by atoms with E-state index in [0.717, 1.165) is 30.6 Å². The van der Waals surface area contributed by atoms with Crippen molar-refractivity contribution in [3.63, 3.8) is 0 Å². The number of aryl methyl sites for hydroxylation is 1. The van der Waals surface area contributed by atoms with Gasteiger partial charge in [0.2, 0.25) is 0 Å². The molecule has 0 aromatic carbocycles. The molecule has 2 atom stereocenters. The van der Waals surface area contributed by atoms with Crippen LogP contribution in [-0.4, -0.2) is 55.5 Å². The van der Waals surface area contributed by atoms with Crippen molar-refractivity contribution in [1.29, 1.82) is 5.26 Å². The topological polar surface area (TPSA) is 65.4 Å². The molecule has 3 aromatic heterocycles. The third kappa shape index (κ3) is 2.82. The third-order valence-electron chi connectivity index (χ3n) is 7.42. The summed E-state index contributed by atoms with van der Waals surface area (Å²) < 4.78 is 3.84. The number of fused-ring (bicyclic) bond motifs is 3. The summed E-state index contributed by atoms with van der Waals surface area (Å²) in [4.78, 5) is 5.39. The van der Waals surface area contributed by atoms with E-state index in [1.54, 1.807) is 0 Å². The van der Waals surface area contributed by atoms with Gasteiger partial charge in [0, 0.05) is 74.4 Å². The first kappa shape index (κ1) is 18.0. The minimum Gasteiger partial charge on any atom is -0.367 e. The highest BCUT2D eigenvalue weighted by Gasteiger charge is 2.47. The van der Waals surface area contributed by atoms with Crippen molar-refractivity contribution >= 4 is 11.2 Å². The molecule has 2 saturated heterocycles. The van der Waals surface area contributed by atoms with Crippen LogP contribution in [0.4, 0.5) is 5.69 Å². The molecule has 30 heavy (non-hydrogen) atoms. The summed E-state index contributed by atoms with van der Waals surface area (Å²) in [5.41, 5.74) is 4.73. The predicted octanol–water partition coefficient (Wildman–Crippen LogP) is 3.08. The van der Waals surface area contributed by atoms with Crippen LogP contribution in [0.25, 0.3) is 16.6 Å². The zero-order chi connectivity index (χ0) is 20.2. The Hall–Kier alpha value is -2.85. The monoisotopic (exact) mass is 401 g/mol. The van der Waals surface area contributed by atoms with E-state index in [0.29, 0.717) is 24.0 Å². The largest absolute Gasteiger partial charge is 0.367 e. The van der Waals surface area contributed by atoms with Crippen LogP contribution in [0.2, 0.25) is 0 Å². The summed E-state index contributed by atoms with van der Waals surface area (Å²) in [6.45, 7) is 2.17. The molecular weight excluding hydrogens is 374 g/mol. The SMILES string of the molecule is Cn1cc(-c2cc3c(N4C[C@@H]5CC[C@@H](C4)N5C4CC(CC#N)C4)ccnn3c2)cn1. The van der Waals surface area contributed by atoms with Crippen molar-refractivity contribution in [3.05, 3.63) is 36.9 Å². The van der Waals surface area contributed by atoms with Gasteiger partial charge in [0.15, 0.2) is 0 Å². The Bertz CT molecular complexity index is 1100.